The van der Waals surface area contributed by atoms with Crippen molar-refractivity contribution in [3.8, 4) is 5.69 Å². The lowest BCUT2D eigenvalue weighted by molar-refractivity contribution is 0.467. The highest BCUT2D eigenvalue weighted by Gasteiger charge is 2.10. The van der Waals surface area contributed by atoms with E-state index in [2.05, 4.69) is 19.9 Å². The highest BCUT2D eigenvalue weighted by molar-refractivity contribution is 5.77. The molecule has 1 aromatic carbocycles. The molecular formula is C23H19N5O3. The maximum absolute atomic E-state index is 12.6. The molecule has 0 aliphatic carbocycles. The fourth-order valence-corrected chi connectivity index (χ4v) is 3.28. The molecule has 154 valence electrons. The fraction of sp³-hybridized carbons (Fsp3) is 0.130. The molecule has 0 radical (unpaired) electrons. The van der Waals surface area contributed by atoms with E-state index < -0.39 is 0 Å². The molecule has 0 spiro atoms. The number of hydrogen-bond acceptors (Lipinski definition) is 7. The second-order valence-electron chi connectivity index (χ2n) is 6.89. The van der Waals surface area contributed by atoms with Crippen LogP contribution < -0.4 is 11.2 Å². The summed E-state index contributed by atoms with van der Waals surface area (Å²) in [6.45, 7) is 5.45. The number of pyridine rings is 2. The van der Waals surface area contributed by atoms with E-state index in [1.807, 2.05) is 38.1 Å². The Balaban J connectivity index is 0.000000166. The Morgan fingerprint density at radius 3 is 2.16 bits per heavy atom. The van der Waals surface area contributed by atoms with Gasteiger partial charge in [-0.05, 0) is 37.6 Å². The molecule has 0 saturated heterocycles. The predicted octanol–water partition coefficient (Wildman–Crippen LogP) is 3.29. The molecular weight excluding hydrogens is 394 g/mol. The van der Waals surface area contributed by atoms with Gasteiger partial charge in [0.05, 0.1) is 39.9 Å². The average molecular weight is 413 g/mol. The number of nitrogens with zero attached hydrogens (tertiary/aromatic N) is 5. The van der Waals surface area contributed by atoms with Gasteiger partial charge in [-0.1, -0.05) is 18.2 Å². The Bertz CT molecular complexity index is 1520. The molecule has 0 atom stereocenters. The van der Waals surface area contributed by atoms with Crippen molar-refractivity contribution in [3.63, 3.8) is 0 Å². The number of hydrogen-bond donors (Lipinski definition) is 0. The van der Waals surface area contributed by atoms with Crippen LogP contribution >= 0.6 is 0 Å². The van der Waals surface area contributed by atoms with Crippen LogP contribution in [0.15, 0.2) is 75.2 Å². The number of para-hydroxylation sites is 1. The SMILES string of the molecule is Cc1ccccc1-n1c(C)nc2cnccc2c1=O.Cc1nc2cnccc2c(=O)o1. The minimum Gasteiger partial charge on any atom is -0.408 e. The fourth-order valence-electron chi connectivity index (χ4n) is 3.28. The van der Waals surface area contributed by atoms with Crippen molar-refractivity contribution < 1.29 is 4.42 Å². The Morgan fingerprint density at radius 1 is 0.806 bits per heavy atom. The van der Waals surface area contributed by atoms with E-state index in [1.54, 1.807) is 42.2 Å². The van der Waals surface area contributed by atoms with Crippen LogP contribution in [0.5, 0.6) is 0 Å². The van der Waals surface area contributed by atoms with Gasteiger partial charge < -0.3 is 4.42 Å². The second kappa shape index (κ2) is 8.27. The number of benzene rings is 1. The number of fused-ring (bicyclic) bond motifs is 2. The summed E-state index contributed by atoms with van der Waals surface area (Å²) in [6.07, 6.45) is 6.31. The Hall–Kier alpha value is -4.20. The molecule has 5 aromatic rings. The number of aromatic nitrogens is 5. The quantitative estimate of drug-likeness (QED) is 0.415. The topological polar surface area (TPSA) is 104 Å². The first-order valence-electron chi connectivity index (χ1n) is 9.56. The van der Waals surface area contributed by atoms with Crippen LogP contribution in [0.4, 0.5) is 0 Å². The van der Waals surface area contributed by atoms with Crippen molar-refractivity contribution in [3.05, 3.63) is 99.2 Å². The summed E-state index contributed by atoms with van der Waals surface area (Å²) in [6, 6.07) is 11.1. The van der Waals surface area contributed by atoms with Gasteiger partial charge in [-0.15, -0.1) is 0 Å². The third-order valence-electron chi connectivity index (χ3n) is 4.73. The molecule has 0 aliphatic heterocycles. The highest BCUT2D eigenvalue weighted by atomic mass is 16.4. The summed E-state index contributed by atoms with van der Waals surface area (Å²) in [5.41, 5.74) is 2.71. The van der Waals surface area contributed by atoms with Gasteiger partial charge in [0.25, 0.3) is 5.56 Å². The summed E-state index contributed by atoms with van der Waals surface area (Å²) in [4.78, 5) is 40.1. The Labute approximate surface area is 176 Å². The van der Waals surface area contributed by atoms with Crippen LogP contribution in [-0.4, -0.2) is 24.5 Å². The van der Waals surface area contributed by atoms with Crippen molar-refractivity contribution in [2.75, 3.05) is 0 Å². The minimum absolute atomic E-state index is 0.0563. The van der Waals surface area contributed by atoms with E-state index in [1.165, 1.54) is 6.20 Å². The molecule has 0 aliphatic rings. The minimum atomic E-state index is -0.361. The maximum atomic E-state index is 12.6. The van der Waals surface area contributed by atoms with Crippen LogP contribution in [-0.2, 0) is 0 Å². The summed E-state index contributed by atoms with van der Waals surface area (Å²) in [5, 5.41) is 1.06. The highest BCUT2D eigenvalue weighted by Crippen LogP contribution is 2.15. The predicted molar refractivity (Wildman–Crippen MR) is 117 cm³/mol. The van der Waals surface area contributed by atoms with Crippen molar-refractivity contribution in [2.45, 2.75) is 20.8 Å². The van der Waals surface area contributed by atoms with Crippen LogP contribution in [0.3, 0.4) is 0 Å². The molecule has 0 unspecified atom stereocenters. The standard InChI is InChI=1S/C15H13N3O.C8H6N2O2/c1-10-5-3-4-6-14(10)18-11(2)17-13-9-16-8-7-12(13)15(18)19;1-5-10-7-4-9-3-2-6(7)8(11)12-5/h3-9H,1-2H3;2-4H,1H3. The second-order valence-corrected chi connectivity index (χ2v) is 6.89. The van der Waals surface area contributed by atoms with Crippen molar-refractivity contribution in [2.24, 2.45) is 0 Å². The maximum Gasteiger partial charge on any atom is 0.346 e. The Morgan fingerprint density at radius 2 is 1.45 bits per heavy atom. The Kier molecular flexibility index (Phi) is 5.36. The summed E-state index contributed by atoms with van der Waals surface area (Å²) in [5.74, 6) is 1.03. The smallest absolute Gasteiger partial charge is 0.346 e. The van der Waals surface area contributed by atoms with Crippen molar-refractivity contribution >= 4 is 21.8 Å². The molecule has 4 heterocycles. The van der Waals surface area contributed by atoms with Gasteiger partial charge in [0, 0.05) is 19.3 Å². The lowest BCUT2D eigenvalue weighted by Gasteiger charge is -2.12. The van der Waals surface area contributed by atoms with Crippen LogP contribution in [0, 0.1) is 20.8 Å². The molecule has 31 heavy (non-hydrogen) atoms. The summed E-state index contributed by atoms with van der Waals surface area (Å²) >= 11 is 0. The summed E-state index contributed by atoms with van der Waals surface area (Å²) in [7, 11) is 0. The van der Waals surface area contributed by atoms with Gasteiger partial charge in [-0.3, -0.25) is 19.3 Å². The first kappa shape index (κ1) is 20.1. The van der Waals surface area contributed by atoms with E-state index in [0.29, 0.717) is 33.5 Å². The van der Waals surface area contributed by atoms with E-state index in [4.69, 9.17) is 4.42 Å². The number of rotatable bonds is 1. The third kappa shape index (κ3) is 3.95. The van der Waals surface area contributed by atoms with Crippen LogP contribution in [0.25, 0.3) is 27.5 Å². The molecule has 0 saturated carbocycles. The zero-order chi connectivity index (χ0) is 22.0. The van der Waals surface area contributed by atoms with E-state index in [0.717, 1.165) is 11.3 Å². The molecule has 8 heteroatoms. The number of aryl methyl sites for hydroxylation is 3. The zero-order valence-electron chi connectivity index (χ0n) is 17.2. The van der Waals surface area contributed by atoms with Gasteiger partial charge in [0.2, 0.25) is 0 Å². The van der Waals surface area contributed by atoms with Gasteiger partial charge in [-0.2, -0.15) is 0 Å². The molecule has 0 bridgehead atoms. The zero-order valence-corrected chi connectivity index (χ0v) is 17.2. The molecule has 0 N–H and O–H groups in total. The first-order chi connectivity index (χ1) is 15.0. The third-order valence-corrected chi connectivity index (χ3v) is 4.73. The van der Waals surface area contributed by atoms with E-state index in [-0.39, 0.29) is 11.2 Å². The van der Waals surface area contributed by atoms with E-state index in [9.17, 15) is 9.59 Å². The summed E-state index contributed by atoms with van der Waals surface area (Å²) < 4.78 is 6.45. The van der Waals surface area contributed by atoms with Gasteiger partial charge in [-0.25, -0.2) is 14.8 Å². The van der Waals surface area contributed by atoms with Crippen molar-refractivity contribution in [1.29, 1.82) is 0 Å². The van der Waals surface area contributed by atoms with E-state index >= 15 is 0 Å². The molecule has 0 fully saturated rings. The molecule has 4 aromatic heterocycles. The molecule has 0 amide bonds. The average Bonchev–Trinajstić information content (AvgIpc) is 2.75. The monoisotopic (exact) mass is 413 g/mol. The van der Waals surface area contributed by atoms with Crippen LogP contribution in [0.1, 0.15) is 17.3 Å². The normalized spacial score (nSPS) is 10.7. The largest absolute Gasteiger partial charge is 0.408 e. The van der Waals surface area contributed by atoms with Crippen LogP contribution in [0.2, 0.25) is 0 Å². The molecule has 8 nitrogen and oxygen atoms in total. The van der Waals surface area contributed by atoms with Gasteiger partial charge in [0.1, 0.15) is 5.82 Å². The molecule has 5 rings (SSSR count). The lowest BCUT2D eigenvalue weighted by atomic mass is 10.2. The first-order valence-corrected chi connectivity index (χ1v) is 9.56. The van der Waals surface area contributed by atoms with Gasteiger partial charge >= 0.3 is 5.63 Å². The lowest BCUT2D eigenvalue weighted by Crippen LogP contribution is -2.23. The van der Waals surface area contributed by atoms with Crippen molar-refractivity contribution in [1.82, 2.24) is 24.5 Å². The van der Waals surface area contributed by atoms with Gasteiger partial charge in [0.15, 0.2) is 5.89 Å².